The predicted molar refractivity (Wildman–Crippen MR) is 92.7 cm³/mol. The Hall–Kier alpha value is -1.60. The molecule has 0 saturated heterocycles. The Balaban J connectivity index is 2.16. The Morgan fingerprint density at radius 3 is 2.29 bits per heavy atom. The van der Waals surface area contributed by atoms with Crippen molar-refractivity contribution >= 4 is 0 Å². The Bertz CT molecular complexity index is 567. The molecule has 0 aliphatic rings. The van der Waals surface area contributed by atoms with Gasteiger partial charge < -0.3 is 5.32 Å². The van der Waals surface area contributed by atoms with E-state index in [-0.39, 0.29) is 0 Å². The van der Waals surface area contributed by atoms with Gasteiger partial charge in [-0.05, 0) is 53.6 Å². The molecule has 0 heterocycles. The minimum absolute atomic E-state index is 0.590. The number of benzene rings is 2. The van der Waals surface area contributed by atoms with Crippen LogP contribution in [0.1, 0.15) is 49.8 Å². The summed E-state index contributed by atoms with van der Waals surface area (Å²) in [6.45, 7) is 10.9. The van der Waals surface area contributed by atoms with Crippen LogP contribution in [-0.4, -0.2) is 6.54 Å². The van der Waals surface area contributed by atoms with Gasteiger partial charge in [0, 0.05) is 6.54 Å². The Kier molecular flexibility index (Phi) is 5.58. The molecule has 0 amide bonds. The fraction of sp³-hybridized carbons (Fsp3) is 0.400. The molecule has 0 bridgehead atoms. The third-order valence-corrected chi connectivity index (χ3v) is 3.94. The van der Waals surface area contributed by atoms with E-state index in [1.807, 2.05) is 0 Å². The van der Waals surface area contributed by atoms with E-state index < -0.39 is 0 Å². The summed E-state index contributed by atoms with van der Waals surface area (Å²) in [6, 6.07) is 15.8. The number of rotatable bonds is 6. The summed E-state index contributed by atoms with van der Waals surface area (Å²) in [4.78, 5) is 0. The zero-order valence-electron chi connectivity index (χ0n) is 13.7. The monoisotopic (exact) mass is 281 g/mol. The minimum Gasteiger partial charge on any atom is -0.313 e. The van der Waals surface area contributed by atoms with Crippen LogP contribution in [0.5, 0.6) is 0 Å². The summed E-state index contributed by atoms with van der Waals surface area (Å²) in [5.74, 6) is 0.590. The molecule has 1 nitrogen and oxygen atoms in total. The molecule has 1 N–H and O–H groups in total. The molecule has 0 unspecified atom stereocenters. The van der Waals surface area contributed by atoms with Crippen molar-refractivity contribution in [2.45, 2.75) is 46.6 Å². The van der Waals surface area contributed by atoms with Crippen LogP contribution in [0, 0.1) is 6.92 Å². The van der Waals surface area contributed by atoms with Gasteiger partial charge in [0.1, 0.15) is 0 Å². The first-order valence-corrected chi connectivity index (χ1v) is 8.02. The van der Waals surface area contributed by atoms with Crippen molar-refractivity contribution in [3.05, 3.63) is 59.2 Å². The van der Waals surface area contributed by atoms with Crippen LogP contribution in [0.3, 0.4) is 0 Å². The molecule has 112 valence electrons. The van der Waals surface area contributed by atoms with Gasteiger partial charge in [0.05, 0.1) is 0 Å². The van der Waals surface area contributed by atoms with E-state index in [2.05, 4.69) is 75.5 Å². The number of hydrogen-bond donors (Lipinski definition) is 1. The van der Waals surface area contributed by atoms with E-state index in [0.29, 0.717) is 5.92 Å². The maximum absolute atomic E-state index is 3.46. The van der Waals surface area contributed by atoms with Crippen LogP contribution in [0.4, 0.5) is 0 Å². The molecule has 2 aromatic rings. The molecule has 0 spiro atoms. The molecule has 0 aliphatic carbocycles. The Morgan fingerprint density at radius 2 is 1.71 bits per heavy atom. The van der Waals surface area contributed by atoms with Crippen molar-refractivity contribution in [3.8, 4) is 11.1 Å². The summed E-state index contributed by atoms with van der Waals surface area (Å²) in [6.07, 6.45) is 1.18. The highest BCUT2D eigenvalue weighted by atomic mass is 14.8. The van der Waals surface area contributed by atoms with E-state index in [0.717, 1.165) is 13.1 Å². The highest BCUT2D eigenvalue weighted by Gasteiger charge is 2.04. The predicted octanol–water partition coefficient (Wildman–Crippen LogP) is 5.29. The lowest BCUT2D eigenvalue weighted by Crippen LogP contribution is -2.13. The van der Waals surface area contributed by atoms with Crippen LogP contribution in [0.25, 0.3) is 11.1 Å². The largest absolute Gasteiger partial charge is 0.313 e. The van der Waals surface area contributed by atoms with Gasteiger partial charge in [0.2, 0.25) is 0 Å². The smallest absolute Gasteiger partial charge is 0.0205 e. The first-order chi connectivity index (χ1) is 10.1. The molecule has 0 radical (unpaired) electrons. The van der Waals surface area contributed by atoms with E-state index in [9.17, 15) is 0 Å². The maximum atomic E-state index is 3.46. The van der Waals surface area contributed by atoms with E-state index >= 15 is 0 Å². The Morgan fingerprint density at radius 1 is 1.00 bits per heavy atom. The van der Waals surface area contributed by atoms with Gasteiger partial charge in [-0.3, -0.25) is 0 Å². The van der Waals surface area contributed by atoms with Crippen LogP contribution in [0.2, 0.25) is 0 Å². The van der Waals surface area contributed by atoms with Crippen molar-refractivity contribution in [1.82, 2.24) is 5.32 Å². The molecule has 0 saturated carbocycles. The van der Waals surface area contributed by atoms with Crippen LogP contribution >= 0.6 is 0 Å². The zero-order valence-corrected chi connectivity index (χ0v) is 13.7. The Labute approximate surface area is 129 Å². The van der Waals surface area contributed by atoms with Gasteiger partial charge in [-0.1, -0.05) is 63.2 Å². The third kappa shape index (κ3) is 4.18. The third-order valence-electron chi connectivity index (χ3n) is 3.94. The summed E-state index contributed by atoms with van der Waals surface area (Å²) in [5, 5.41) is 3.46. The topological polar surface area (TPSA) is 12.0 Å². The number of nitrogens with one attached hydrogen (secondary N) is 1. The van der Waals surface area contributed by atoms with Gasteiger partial charge in [-0.15, -0.1) is 0 Å². The highest BCUT2D eigenvalue weighted by molar-refractivity contribution is 5.67. The van der Waals surface area contributed by atoms with E-state index in [4.69, 9.17) is 0 Å². The summed E-state index contributed by atoms with van der Waals surface area (Å²) in [5.41, 5.74) is 6.76. The quantitative estimate of drug-likeness (QED) is 0.710. The lowest BCUT2D eigenvalue weighted by molar-refractivity contribution is 0.675. The van der Waals surface area contributed by atoms with E-state index in [1.54, 1.807) is 0 Å². The van der Waals surface area contributed by atoms with E-state index in [1.165, 1.54) is 34.2 Å². The second kappa shape index (κ2) is 7.42. The van der Waals surface area contributed by atoms with Crippen molar-refractivity contribution in [1.29, 1.82) is 0 Å². The molecule has 2 aromatic carbocycles. The molecule has 0 fully saturated rings. The molecule has 0 aliphatic heterocycles. The van der Waals surface area contributed by atoms with Gasteiger partial charge in [-0.25, -0.2) is 0 Å². The zero-order chi connectivity index (χ0) is 15.2. The van der Waals surface area contributed by atoms with Gasteiger partial charge >= 0.3 is 0 Å². The molecule has 1 heteroatoms. The lowest BCUT2D eigenvalue weighted by atomic mass is 9.95. The highest BCUT2D eigenvalue weighted by Crippen LogP contribution is 2.26. The molecular formula is C20H27N. The van der Waals surface area contributed by atoms with Gasteiger partial charge in [0.25, 0.3) is 0 Å². The molecule has 2 rings (SSSR count). The van der Waals surface area contributed by atoms with Crippen molar-refractivity contribution in [2.75, 3.05) is 6.54 Å². The lowest BCUT2D eigenvalue weighted by Gasteiger charge is -2.11. The van der Waals surface area contributed by atoms with Crippen molar-refractivity contribution in [3.63, 3.8) is 0 Å². The van der Waals surface area contributed by atoms with Crippen LogP contribution in [-0.2, 0) is 6.54 Å². The van der Waals surface area contributed by atoms with Crippen LogP contribution < -0.4 is 5.32 Å². The minimum atomic E-state index is 0.590. The number of aryl methyl sites for hydroxylation is 1. The fourth-order valence-corrected chi connectivity index (χ4v) is 2.62. The SMILES string of the molecule is CCCNCc1ccc(-c2ccc(C(C)C)cc2)c(C)c1. The maximum Gasteiger partial charge on any atom is 0.0205 e. The molecule has 0 atom stereocenters. The second-order valence-corrected chi connectivity index (χ2v) is 6.10. The number of hydrogen-bond acceptors (Lipinski definition) is 1. The summed E-state index contributed by atoms with van der Waals surface area (Å²) >= 11 is 0. The molecule has 21 heavy (non-hydrogen) atoms. The average Bonchev–Trinajstić information content (AvgIpc) is 2.48. The average molecular weight is 281 g/mol. The second-order valence-electron chi connectivity index (χ2n) is 6.10. The summed E-state index contributed by atoms with van der Waals surface area (Å²) in [7, 11) is 0. The van der Waals surface area contributed by atoms with Gasteiger partial charge in [-0.2, -0.15) is 0 Å². The fourth-order valence-electron chi connectivity index (χ4n) is 2.62. The van der Waals surface area contributed by atoms with Crippen molar-refractivity contribution in [2.24, 2.45) is 0 Å². The first-order valence-electron chi connectivity index (χ1n) is 8.02. The first kappa shape index (κ1) is 15.8. The normalized spacial score (nSPS) is 11.1. The summed E-state index contributed by atoms with van der Waals surface area (Å²) < 4.78 is 0. The standard InChI is InChI=1S/C20H27N/c1-5-12-21-14-17-6-11-20(16(4)13-17)19-9-7-18(8-10-19)15(2)3/h6-11,13,15,21H,5,12,14H2,1-4H3. The molecular weight excluding hydrogens is 254 g/mol. The molecule has 0 aromatic heterocycles. The van der Waals surface area contributed by atoms with Gasteiger partial charge in [0.15, 0.2) is 0 Å². The van der Waals surface area contributed by atoms with Crippen LogP contribution in [0.15, 0.2) is 42.5 Å². The van der Waals surface area contributed by atoms with Crippen molar-refractivity contribution < 1.29 is 0 Å².